The van der Waals surface area contributed by atoms with Crippen LogP contribution in [0.5, 0.6) is 0 Å². The molecule has 1 amide bonds. The number of carbonyl (C=O) groups is 1. The summed E-state index contributed by atoms with van der Waals surface area (Å²) in [6.45, 7) is 1.33. The molecule has 6 heteroatoms. The van der Waals surface area contributed by atoms with E-state index >= 15 is 0 Å². The number of aliphatic hydroxyl groups is 1. The van der Waals surface area contributed by atoms with Gasteiger partial charge in [0, 0.05) is 12.6 Å². The van der Waals surface area contributed by atoms with Gasteiger partial charge in [-0.1, -0.05) is 0 Å². The van der Waals surface area contributed by atoms with Crippen LogP contribution in [0.2, 0.25) is 0 Å². The van der Waals surface area contributed by atoms with E-state index in [0.29, 0.717) is 17.7 Å². The van der Waals surface area contributed by atoms with E-state index in [9.17, 15) is 18.0 Å². The molecular weight excluding hydrogens is 199 g/mol. The fourth-order valence-corrected chi connectivity index (χ4v) is 1.53. The number of nitrogens with zero attached hydrogens (tertiary/aromatic N) is 1. The minimum Gasteiger partial charge on any atom is -0.391 e. The van der Waals surface area contributed by atoms with Crippen molar-refractivity contribution >= 4 is 5.91 Å². The normalized spacial score (nSPS) is 29.1. The lowest BCUT2D eigenvalue weighted by Gasteiger charge is -2.36. The molecule has 0 aromatic rings. The van der Waals surface area contributed by atoms with Crippen LogP contribution in [0.25, 0.3) is 0 Å². The van der Waals surface area contributed by atoms with E-state index in [0.717, 1.165) is 0 Å². The molecule has 0 aliphatic carbocycles. The predicted molar refractivity (Wildman–Crippen MR) is 42.5 cm³/mol. The van der Waals surface area contributed by atoms with Crippen LogP contribution in [0.15, 0.2) is 0 Å². The van der Waals surface area contributed by atoms with E-state index in [1.807, 2.05) is 0 Å². The number of likely N-dealkylation sites (tertiary alicyclic amines) is 1. The molecule has 1 saturated heterocycles. The molecule has 1 aliphatic heterocycles. The number of rotatable bonds is 0. The number of β-amino-alcohol motifs (C(OH)–C–C–N with tert-alkyl or cyclic N) is 1. The fraction of sp³-hybridized carbons (Fsp3) is 0.875. The zero-order valence-electron chi connectivity index (χ0n) is 7.71. The first-order chi connectivity index (χ1) is 6.32. The van der Waals surface area contributed by atoms with Gasteiger partial charge in [-0.2, -0.15) is 13.2 Å². The monoisotopic (exact) mass is 211 g/mol. The molecule has 0 unspecified atom stereocenters. The summed E-state index contributed by atoms with van der Waals surface area (Å²) in [5.41, 5.74) is 0. The van der Waals surface area contributed by atoms with Crippen LogP contribution >= 0.6 is 0 Å². The Kier molecular flexibility index (Phi) is 3.04. The van der Waals surface area contributed by atoms with Crippen LogP contribution in [0.1, 0.15) is 19.8 Å². The van der Waals surface area contributed by atoms with Gasteiger partial charge >= 0.3 is 12.1 Å². The van der Waals surface area contributed by atoms with Gasteiger partial charge in [-0.25, -0.2) is 0 Å². The molecule has 82 valence electrons. The average molecular weight is 211 g/mol. The number of hydrogen-bond acceptors (Lipinski definition) is 2. The molecule has 1 rings (SSSR count). The number of alkyl halides is 3. The predicted octanol–water partition coefficient (Wildman–Crippen LogP) is 0.921. The van der Waals surface area contributed by atoms with Crippen molar-refractivity contribution in [3.63, 3.8) is 0 Å². The number of halogens is 3. The van der Waals surface area contributed by atoms with E-state index in [4.69, 9.17) is 5.11 Å². The van der Waals surface area contributed by atoms with Crippen molar-refractivity contribution in [3.8, 4) is 0 Å². The fourth-order valence-electron chi connectivity index (χ4n) is 1.53. The Bertz CT molecular complexity index is 229. The Labute approximate surface area is 79.5 Å². The largest absolute Gasteiger partial charge is 0.471 e. The van der Waals surface area contributed by atoms with E-state index in [1.54, 1.807) is 6.92 Å². The lowest BCUT2D eigenvalue weighted by Crippen LogP contribution is -2.52. The smallest absolute Gasteiger partial charge is 0.391 e. The van der Waals surface area contributed by atoms with Gasteiger partial charge in [0.15, 0.2) is 0 Å². The summed E-state index contributed by atoms with van der Waals surface area (Å²) in [5.74, 6) is -1.86. The van der Waals surface area contributed by atoms with Crippen LogP contribution in [0.3, 0.4) is 0 Å². The van der Waals surface area contributed by atoms with Gasteiger partial charge in [0.1, 0.15) is 0 Å². The summed E-state index contributed by atoms with van der Waals surface area (Å²) >= 11 is 0. The van der Waals surface area contributed by atoms with E-state index in [-0.39, 0.29) is 6.54 Å². The number of aliphatic hydroxyl groups excluding tert-OH is 1. The standard InChI is InChI=1S/C8H12F3NO2/c1-5-2-3-6(13)4-12(5)7(14)8(9,10)11/h5-6,13H,2-4H2,1H3/t5-,6+/m1/s1. The summed E-state index contributed by atoms with van der Waals surface area (Å²) < 4.78 is 36.2. The molecule has 14 heavy (non-hydrogen) atoms. The number of carbonyl (C=O) groups excluding carboxylic acids is 1. The molecule has 1 fully saturated rings. The van der Waals surface area contributed by atoms with Crippen molar-refractivity contribution in [3.05, 3.63) is 0 Å². The van der Waals surface area contributed by atoms with Crippen molar-refractivity contribution in [2.75, 3.05) is 6.54 Å². The van der Waals surface area contributed by atoms with Crippen molar-refractivity contribution in [1.29, 1.82) is 0 Å². The molecule has 0 radical (unpaired) electrons. The minimum absolute atomic E-state index is 0.223. The third-order valence-corrected chi connectivity index (χ3v) is 2.36. The summed E-state index contributed by atoms with van der Waals surface area (Å²) in [5, 5.41) is 9.15. The minimum atomic E-state index is -4.84. The van der Waals surface area contributed by atoms with Crippen LogP contribution in [0.4, 0.5) is 13.2 Å². The first-order valence-corrected chi connectivity index (χ1v) is 4.38. The van der Waals surface area contributed by atoms with Gasteiger partial charge in [-0.3, -0.25) is 4.79 Å². The van der Waals surface area contributed by atoms with Gasteiger partial charge in [-0.15, -0.1) is 0 Å². The van der Waals surface area contributed by atoms with Crippen LogP contribution in [-0.2, 0) is 4.79 Å². The van der Waals surface area contributed by atoms with Crippen LogP contribution in [0, 0.1) is 0 Å². The molecule has 1 aliphatic rings. The molecule has 2 atom stereocenters. The highest BCUT2D eigenvalue weighted by Gasteiger charge is 2.45. The maximum atomic E-state index is 12.1. The first kappa shape index (κ1) is 11.3. The molecular formula is C8H12F3NO2. The van der Waals surface area contributed by atoms with Crippen molar-refractivity contribution < 1.29 is 23.1 Å². The zero-order valence-corrected chi connectivity index (χ0v) is 7.71. The molecule has 0 aromatic carbocycles. The summed E-state index contributed by atoms with van der Waals surface area (Å²) in [4.78, 5) is 11.6. The Morgan fingerprint density at radius 1 is 1.43 bits per heavy atom. The van der Waals surface area contributed by atoms with E-state index in [1.165, 1.54) is 0 Å². The molecule has 1 N–H and O–H groups in total. The van der Waals surface area contributed by atoms with Crippen LogP contribution < -0.4 is 0 Å². The molecule has 0 bridgehead atoms. The second-order valence-corrected chi connectivity index (χ2v) is 3.54. The maximum absolute atomic E-state index is 12.1. The SMILES string of the molecule is C[C@@H]1CC[C@H](O)CN1C(=O)C(F)(F)F. The Morgan fingerprint density at radius 3 is 2.50 bits per heavy atom. The highest BCUT2D eigenvalue weighted by Crippen LogP contribution is 2.24. The summed E-state index contributed by atoms with van der Waals surface area (Å²) in [6.07, 6.45) is -4.82. The van der Waals surface area contributed by atoms with E-state index in [2.05, 4.69) is 0 Å². The van der Waals surface area contributed by atoms with Crippen molar-refractivity contribution in [2.45, 2.75) is 38.1 Å². The van der Waals surface area contributed by atoms with Gasteiger partial charge < -0.3 is 10.0 Å². The van der Waals surface area contributed by atoms with E-state index < -0.39 is 24.2 Å². The third-order valence-electron chi connectivity index (χ3n) is 2.36. The highest BCUT2D eigenvalue weighted by molar-refractivity contribution is 5.82. The van der Waals surface area contributed by atoms with Crippen molar-refractivity contribution in [2.24, 2.45) is 0 Å². The number of amides is 1. The summed E-state index contributed by atoms with van der Waals surface area (Å²) in [6, 6.07) is -0.451. The van der Waals surface area contributed by atoms with Gasteiger partial charge in [0.2, 0.25) is 0 Å². The number of hydrogen-bond donors (Lipinski definition) is 1. The Balaban J connectivity index is 2.70. The quantitative estimate of drug-likeness (QED) is 0.647. The maximum Gasteiger partial charge on any atom is 0.471 e. The molecule has 0 aromatic heterocycles. The molecule has 1 heterocycles. The molecule has 3 nitrogen and oxygen atoms in total. The molecule has 0 saturated carbocycles. The second kappa shape index (κ2) is 3.76. The topological polar surface area (TPSA) is 40.5 Å². The van der Waals surface area contributed by atoms with Gasteiger partial charge in [0.05, 0.1) is 6.10 Å². The van der Waals surface area contributed by atoms with Gasteiger partial charge in [0.25, 0.3) is 0 Å². The molecule has 0 spiro atoms. The summed E-state index contributed by atoms with van der Waals surface area (Å²) in [7, 11) is 0. The Morgan fingerprint density at radius 2 is 2.00 bits per heavy atom. The number of piperidine rings is 1. The Hall–Kier alpha value is -0.780. The van der Waals surface area contributed by atoms with Gasteiger partial charge in [-0.05, 0) is 19.8 Å². The zero-order chi connectivity index (χ0) is 10.9. The average Bonchev–Trinajstić information content (AvgIpc) is 2.06. The highest BCUT2D eigenvalue weighted by atomic mass is 19.4. The lowest BCUT2D eigenvalue weighted by molar-refractivity contribution is -0.190. The third kappa shape index (κ3) is 2.37. The lowest BCUT2D eigenvalue weighted by atomic mass is 10.0. The second-order valence-electron chi connectivity index (χ2n) is 3.54. The van der Waals surface area contributed by atoms with Crippen LogP contribution in [-0.4, -0.2) is 40.8 Å². The first-order valence-electron chi connectivity index (χ1n) is 4.38. The van der Waals surface area contributed by atoms with Crippen molar-refractivity contribution in [1.82, 2.24) is 4.90 Å².